The fourth-order valence-corrected chi connectivity index (χ4v) is 5.49. The van der Waals surface area contributed by atoms with Crippen LogP contribution in [0.1, 0.15) is 56.4 Å². The fourth-order valence-electron chi connectivity index (χ4n) is 4.66. The van der Waals surface area contributed by atoms with E-state index in [0.717, 1.165) is 24.1 Å². The van der Waals surface area contributed by atoms with Gasteiger partial charge in [0.05, 0.1) is 11.9 Å². The summed E-state index contributed by atoms with van der Waals surface area (Å²) in [4.78, 5) is 27.1. The third-order valence-corrected chi connectivity index (χ3v) is 8.50. The molecule has 212 valence electrons. The van der Waals surface area contributed by atoms with Crippen LogP contribution in [0, 0.1) is 5.82 Å². The zero-order chi connectivity index (χ0) is 28.4. The first-order valence-corrected chi connectivity index (χ1v) is 15.0. The van der Waals surface area contributed by atoms with Gasteiger partial charge in [0, 0.05) is 56.8 Å². The number of carbonyl (C=O) groups is 2. The second-order valence-corrected chi connectivity index (χ2v) is 12.2. The van der Waals surface area contributed by atoms with Crippen LogP contribution in [0.25, 0.3) is 0 Å². The van der Waals surface area contributed by atoms with Gasteiger partial charge >= 0.3 is 0 Å². The molecule has 1 aromatic heterocycles. The summed E-state index contributed by atoms with van der Waals surface area (Å²) < 4.78 is 47.1. The van der Waals surface area contributed by atoms with Crippen molar-refractivity contribution in [1.29, 1.82) is 0 Å². The molecule has 3 aromatic rings. The second-order valence-electron chi connectivity index (χ2n) is 10.2. The molecule has 2 aromatic carbocycles. The van der Waals surface area contributed by atoms with Crippen LogP contribution in [0.3, 0.4) is 0 Å². The molecule has 2 amide bonds. The van der Waals surface area contributed by atoms with Gasteiger partial charge in [-0.2, -0.15) is 9.40 Å². The van der Waals surface area contributed by atoms with E-state index in [1.54, 1.807) is 59.1 Å². The van der Waals surface area contributed by atoms with Crippen LogP contribution in [0.5, 0.6) is 5.75 Å². The van der Waals surface area contributed by atoms with Crippen LogP contribution in [0.15, 0.2) is 48.5 Å². The molecule has 1 N–H and O–H groups in total. The molecule has 5 rings (SSSR count). The fraction of sp³-hybridized carbons (Fsp3) is 0.393. The van der Waals surface area contributed by atoms with Crippen LogP contribution in [0.4, 0.5) is 4.39 Å². The van der Waals surface area contributed by atoms with Crippen molar-refractivity contribution in [1.82, 2.24) is 24.3 Å². The maximum absolute atomic E-state index is 15.1. The standard InChI is InChI=1S/C28H32FN5O5S/c1-32-24(16-23(31-32)20-10-11-20)27(35)30-17-22-4-3-5-25(26(22)29)39-18-19-6-8-21(9-7-19)28(36)33-12-14-34(15-13-33)40(2,37)38/h3-9,16,20H,10-15,17-18H2,1-2H3,(H,30,35). The number of sulfonamides is 1. The Labute approximate surface area is 232 Å². The summed E-state index contributed by atoms with van der Waals surface area (Å²) in [5, 5.41) is 7.16. The number of hydrogen-bond acceptors (Lipinski definition) is 6. The molecule has 0 radical (unpaired) electrons. The first-order valence-electron chi connectivity index (χ1n) is 13.2. The van der Waals surface area contributed by atoms with E-state index in [1.165, 1.54) is 16.6 Å². The van der Waals surface area contributed by atoms with E-state index in [0.29, 0.717) is 35.8 Å². The summed E-state index contributed by atoms with van der Waals surface area (Å²) in [7, 11) is -1.55. The van der Waals surface area contributed by atoms with Gasteiger partial charge in [0.1, 0.15) is 12.3 Å². The molecule has 10 nitrogen and oxygen atoms in total. The van der Waals surface area contributed by atoms with Crippen molar-refractivity contribution in [2.24, 2.45) is 7.05 Å². The van der Waals surface area contributed by atoms with Crippen LogP contribution >= 0.6 is 0 Å². The molecular weight excluding hydrogens is 537 g/mol. The van der Waals surface area contributed by atoms with E-state index < -0.39 is 15.8 Å². The lowest BCUT2D eigenvalue weighted by Gasteiger charge is -2.33. The third-order valence-electron chi connectivity index (χ3n) is 7.20. The quantitative estimate of drug-likeness (QED) is 0.424. The van der Waals surface area contributed by atoms with Gasteiger partial charge in [0.2, 0.25) is 10.0 Å². The number of nitrogens with zero attached hydrogens (tertiary/aromatic N) is 4. The van der Waals surface area contributed by atoms with E-state index in [4.69, 9.17) is 4.74 Å². The Morgan fingerprint density at radius 3 is 2.42 bits per heavy atom. The highest BCUT2D eigenvalue weighted by Crippen LogP contribution is 2.39. The number of carbonyl (C=O) groups excluding carboxylic acids is 2. The highest BCUT2D eigenvalue weighted by Gasteiger charge is 2.28. The number of rotatable bonds is 9. The summed E-state index contributed by atoms with van der Waals surface area (Å²) in [6, 6.07) is 13.4. The van der Waals surface area contributed by atoms with Gasteiger partial charge < -0.3 is 15.0 Å². The average Bonchev–Trinajstić information content (AvgIpc) is 3.72. The smallest absolute Gasteiger partial charge is 0.269 e. The lowest BCUT2D eigenvalue weighted by Crippen LogP contribution is -2.50. The summed E-state index contributed by atoms with van der Waals surface area (Å²) in [5.41, 5.74) is 2.89. The van der Waals surface area contributed by atoms with Crippen molar-refractivity contribution < 1.29 is 27.1 Å². The number of hydrogen-bond donors (Lipinski definition) is 1. The topological polar surface area (TPSA) is 114 Å². The molecule has 0 atom stereocenters. The highest BCUT2D eigenvalue weighted by molar-refractivity contribution is 7.88. The minimum Gasteiger partial charge on any atom is -0.486 e. The Morgan fingerprint density at radius 1 is 1.07 bits per heavy atom. The third kappa shape index (κ3) is 6.34. The van der Waals surface area contributed by atoms with Gasteiger partial charge in [-0.3, -0.25) is 14.3 Å². The number of benzene rings is 2. The molecule has 2 fully saturated rings. The summed E-state index contributed by atoms with van der Waals surface area (Å²) in [5.74, 6) is -0.546. The first kappa shape index (κ1) is 27.8. The average molecular weight is 570 g/mol. The van der Waals surface area contributed by atoms with Gasteiger partial charge in [-0.05, 0) is 42.7 Å². The lowest BCUT2D eigenvalue weighted by atomic mass is 10.1. The Balaban J connectivity index is 1.14. The zero-order valence-electron chi connectivity index (χ0n) is 22.5. The number of halogens is 1. The van der Waals surface area contributed by atoms with E-state index >= 15 is 4.39 Å². The summed E-state index contributed by atoms with van der Waals surface area (Å²) in [6.07, 6.45) is 3.34. The van der Waals surface area contributed by atoms with E-state index in [1.807, 2.05) is 0 Å². The molecule has 2 heterocycles. The van der Waals surface area contributed by atoms with Gasteiger partial charge in [0.25, 0.3) is 11.8 Å². The number of aryl methyl sites for hydroxylation is 1. The lowest BCUT2D eigenvalue weighted by molar-refractivity contribution is 0.0698. The molecule has 0 bridgehead atoms. The van der Waals surface area contributed by atoms with Crippen molar-refractivity contribution in [2.45, 2.75) is 31.9 Å². The molecule has 1 aliphatic carbocycles. The molecule has 1 saturated heterocycles. The predicted molar refractivity (Wildman–Crippen MR) is 146 cm³/mol. The Bertz CT molecular complexity index is 1510. The monoisotopic (exact) mass is 569 g/mol. The normalized spacial score (nSPS) is 16.1. The largest absolute Gasteiger partial charge is 0.486 e. The van der Waals surface area contributed by atoms with E-state index in [9.17, 15) is 18.0 Å². The minimum absolute atomic E-state index is 0.00105. The molecular formula is C28H32FN5O5S. The summed E-state index contributed by atoms with van der Waals surface area (Å²) >= 11 is 0. The zero-order valence-corrected chi connectivity index (χ0v) is 23.3. The van der Waals surface area contributed by atoms with Gasteiger partial charge in [-0.15, -0.1) is 0 Å². The van der Waals surface area contributed by atoms with Crippen molar-refractivity contribution >= 4 is 21.8 Å². The molecule has 12 heteroatoms. The molecule has 2 aliphatic rings. The minimum atomic E-state index is -3.27. The van der Waals surface area contributed by atoms with Crippen molar-refractivity contribution in [3.8, 4) is 5.75 Å². The molecule has 1 saturated carbocycles. The number of aromatic nitrogens is 2. The molecule has 0 spiro atoms. The number of nitrogens with one attached hydrogen (secondary N) is 1. The maximum Gasteiger partial charge on any atom is 0.269 e. The van der Waals surface area contributed by atoms with Crippen molar-refractivity contribution in [3.05, 3.63) is 82.4 Å². The van der Waals surface area contributed by atoms with Gasteiger partial charge in [0.15, 0.2) is 11.6 Å². The van der Waals surface area contributed by atoms with Gasteiger partial charge in [-0.25, -0.2) is 12.8 Å². The molecule has 0 unspecified atom stereocenters. The van der Waals surface area contributed by atoms with Gasteiger partial charge in [-0.1, -0.05) is 24.3 Å². The molecule has 1 aliphatic heterocycles. The number of piperazine rings is 1. The van der Waals surface area contributed by atoms with E-state index in [-0.39, 0.29) is 43.8 Å². The van der Waals surface area contributed by atoms with Crippen molar-refractivity contribution in [2.75, 3.05) is 32.4 Å². The Hall–Kier alpha value is -3.77. The number of amides is 2. The summed E-state index contributed by atoms with van der Waals surface area (Å²) in [6.45, 7) is 1.30. The Morgan fingerprint density at radius 2 is 1.77 bits per heavy atom. The predicted octanol–water partition coefficient (Wildman–Crippen LogP) is 2.66. The Kier molecular flexibility index (Phi) is 7.90. The van der Waals surface area contributed by atoms with Crippen LogP contribution in [-0.4, -0.2) is 71.7 Å². The first-order chi connectivity index (χ1) is 19.1. The van der Waals surface area contributed by atoms with Crippen LogP contribution in [0.2, 0.25) is 0 Å². The number of ether oxygens (including phenoxy) is 1. The highest BCUT2D eigenvalue weighted by atomic mass is 32.2. The van der Waals surface area contributed by atoms with Crippen LogP contribution in [-0.2, 0) is 30.2 Å². The SMILES string of the molecule is Cn1nc(C2CC2)cc1C(=O)NCc1cccc(OCc2ccc(C(=O)N3CCN(S(C)(=O)=O)CC3)cc2)c1F. The van der Waals surface area contributed by atoms with Crippen LogP contribution < -0.4 is 10.1 Å². The maximum atomic E-state index is 15.1. The molecule has 40 heavy (non-hydrogen) atoms. The second kappa shape index (κ2) is 11.4. The van der Waals surface area contributed by atoms with Crippen molar-refractivity contribution in [3.63, 3.8) is 0 Å². The van der Waals surface area contributed by atoms with E-state index in [2.05, 4.69) is 10.4 Å².